The van der Waals surface area contributed by atoms with E-state index in [1.54, 1.807) is 0 Å². The van der Waals surface area contributed by atoms with Gasteiger partial charge in [-0.05, 0) is 30.3 Å². The number of benzene rings is 2. The summed E-state index contributed by atoms with van der Waals surface area (Å²) in [7, 11) is 1.20. The third-order valence-electron chi connectivity index (χ3n) is 2.86. The molecule has 114 valence electrons. The van der Waals surface area contributed by atoms with Crippen LogP contribution in [0.4, 0.5) is 10.1 Å². The summed E-state index contributed by atoms with van der Waals surface area (Å²) in [5, 5.41) is 12.1. The van der Waals surface area contributed by atoms with Crippen LogP contribution in [0, 0.1) is 5.82 Å². The van der Waals surface area contributed by atoms with Crippen LogP contribution in [-0.4, -0.2) is 24.1 Å². The first kappa shape index (κ1) is 15.8. The summed E-state index contributed by atoms with van der Waals surface area (Å²) in [4.78, 5) is 23.4. The van der Waals surface area contributed by atoms with E-state index >= 15 is 0 Å². The van der Waals surface area contributed by atoms with Crippen LogP contribution in [-0.2, 0) is 4.74 Å². The number of hydrogen-bond donors (Lipinski definition) is 2. The maximum Gasteiger partial charge on any atom is 0.337 e. The van der Waals surface area contributed by atoms with Crippen molar-refractivity contribution in [3.63, 3.8) is 0 Å². The van der Waals surface area contributed by atoms with E-state index in [-0.39, 0.29) is 27.6 Å². The molecule has 5 nitrogen and oxygen atoms in total. The van der Waals surface area contributed by atoms with Crippen LogP contribution < -0.4 is 5.32 Å². The summed E-state index contributed by atoms with van der Waals surface area (Å²) in [5.74, 6) is -2.59. The van der Waals surface area contributed by atoms with Gasteiger partial charge < -0.3 is 15.2 Å². The van der Waals surface area contributed by atoms with E-state index in [0.717, 1.165) is 12.1 Å². The number of carbonyl (C=O) groups is 2. The van der Waals surface area contributed by atoms with Crippen molar-refractivity contribution in [3.05, 3.63) is 58.4 Å². The van der Waals surface area contributed by atoms with Gasteiger partial charge in [-0.25, -0.2) is 9.18 Å². The van der Waals surface area contributed by atoms with Crippen molar-refractivity contribution in [1.82, 2.24) is 0 Å². The van der Waals surface area contributed by atoms with Crippen LogP contribution in [0.1, 0.15) is 20.7 Å². The van der Waals surface area contributed by atoms with Gasteiger partial charge in [0.2, 0.25) is 0 Å². The number of phenolic OH excluding ortho intramolecular Hbond substituents is 1. The predicted molar refractivity (Wildman–Crippen MR) is 78.8 cm³/mol. The molecular formula is C15H11ClFNO4. The SMILES string of the molecule is COC(=O)c1ccc(NC(=O)c2c(F)cccc2Cl)c(O)c1. The number of esters is 1. The average Bonchev–Trinajstić information content (AvgIpc) is 2.48. The van der Waals surface area contributed by atoms with Crippen molar-refractivity contribution in [3.8, 4) is 5.75 Å². The Balaban J connectivity index is 2.28. The number of phenols is 1. The number of aromatic hydroxyl groups is 1. The van der Waals surface area contributed by atoms with E-state index in [0.29, 0.717) is 0 Å². The van der Waals surface area contributed by atoms with Gasteiger partial charge in [-0.15, -0.1) is 0 Å². The molecule has 0 spiro atoms. The number of rotatable bonds is 3. The molecule has 2 aromatic rings. The van der Waals surface area contributed by atoms with Gasteiger partial charge in [0.05, 0.1) is 28.9 Å². The fraction of sp³-hybridized carbons (Fsp3) is 0.0667. The van der Waals surface area contributed by atoms with Crippen molar-refractivity contribution < 1.29 is 23.8 Å². The summed E-state index contributed by atoms with van der Waals surface area (Å²) in [6.07, 6.45) is 0. The third kappa shape index (κ3) is 3.17. The van der Waals surface area contributed by atoms with Gasteiger partial charge in [-0.3, -0.25) is 4.79 Å². The van der Waals surface area contributed by atoms with Crippen molar-refractivity contribution in [2.75, 3.05) is 12.4 Å². The quantitative estimate of drug-likeness (QED) is 0.671. The monoisotopic (exact) mass is 323 g/mol. The molecule has 22 heavy (non-hydrogen) atoms. The van der Waals surface area contributed by atoms with Gasteiger partial charge in [0.25, 0.3) is 5.91 Å². The Morgan fingerprint density at radius 3 is 2.59 bits per heavy atom. The molecule has 0 saturated carbocycles. The van der Waals surface area contributed by atoms with Gasteiger partial charge in [-0.2, -0.15) is 0 Å². The molecule has 0 atom stereocenters. The Labute approximate surface area is 130 Å². The minimum Gasteiger partial charge on any atom is -0.506 e. The van der Waals surface area contributed by atoms with Crippen LogP contribution in [0.15, 0.2) is 36.4 Å². The summed E-state index contributed by atoms with van der Waals surface area (Å²) in [6, 6.07) is 7.63. The first-order valence-electron chi connectivity index (χ1n) is 6.10. The molecule has 0 aromatic heterocycles. The van der Waals surface area contributed by atoms with E-state index in [1.165, 1.54) is 31.4 Å². The van der Waals surface area contributed by atoms with E-state index < -0.39 is 17.7 Å². The van der Waals surface area contributed by atoms with Crippen LogP contribution in [0.5, 0.6) is 5.75 Å². The maximum atomic E-state index is 13.7. The summed E-state index contributed by atoms with van der Waals surface area (Å²) in [6.45, 7) is 0. The number of hydrogen-bond acceptors (Lipinski definition) is 4. The molecule has 2 N–H and O–H groups in total. The first-order chi connectivity index (χ1) is 10.4. The van der Waals surface area contributed by atoms with Gasteiger partial charge in [0.1, 0.15) is 11.6 Å². The Hall–Kier alpha value is -2.60. The largest absolute Gasteiger partial charge is 0.506 e. The lowest BCUT2D eigenvalue weighted by Gasteiger charge is -2.10. The summed E-state index contributed by atoms with van der Waals surface area (Å²) >= 11 is 5.79. The van der Waals surface area contributed by atoms with Gasteiger partial charge in [0.15, 0.2) is 0 Å². The number of anilines is 1. The Bertz CT molecular complexity index is 728. The van der Waals surface area contributed by atoms with Crippen molar-refractivity contribution in [1.29, 1.82) is 0 Å². The zero-order chi connectivity index (χ0) is 16.3. The highest BCUT2D eigenvalue weighted by Gasteiger charge is 2.17. The lowest BCUT2D eigenvalue weighted by atomic mass is 10.1. The van der Waals surface area contributed by atoms with Gasteiger partial charge in [0, 0.05) is 0 Å². The van der Waals surface area contributed by atoms with Crippen molar-refractivity contribution >= 4 is 29.2 Å². The van der Waals surface area contributed by atoms with Gasteiger partial charge in [-0.1, -0.05) is 17.7 Å². The third-order valence-corrected chi connectivity index (χ3v) is 3.17. The highest BCUT2D eigenvalue weighted by molar-refractivity contribution is 6.34. The molecule has 0 aliphatic rings. The molecule has 2 aromatic carbocycles. The molecule has 2 rings (SSSR count). The number of halogens is 2. The maximum absolute atomic E-state index is 13.7. The minimum atomic E-state index is -0.816. The van der Waals surface area contributed by atoms with Crippen molar-refractivity contribution in [2.24, 2.45) is 0 Å². The standard InChI is InChI=1S/C15H11ClFNO4/c1-22-15(21)8-5-6-11(12(19)7-8)18-14(20)13-9(16)3-2-4-10(13)17/h2-7,19H,1H3,(H,18,20). The van der Waals surface area contributed by atoms with Crippen LogP contribution in [0.3, 0.4) is 0 Å². The van der Waals surface area contributed by atoms with E-state index in [9.17, 15) is 19.1 Å². The molecule has 0 heterocycles. The van der Waals surface area contributed by atoms with E-state index in [1.807, 2.05) is 0 Å². The van der Waals surface area contributed by atoms with E-state index in [2.05, 4.69) is 10.1 Å². The normalized spacial score (nSPS) is 10.1. The average molecular weight is 324 g/mol. The Morgan fingerprint density at radius 1 is 1.27 bits per heavy atom. The Kier molecular flexibility index (Phi) is 4.62. The molecule has 1 amide bonds. The molecule has 0 fully saturated rings. The topological polar surface area (TPSA) is 75.6 Å². The van der Waals surface area contributed by atoms with Crippen LogP contribution in [0.2, 0.25) is 5.02 Å². The number of nitrogens with one attached hydrogen (secondary N) is 1. The predicted octanol–water partition coefficient (Wildman–Crippen LogP) is 3.22. The second-order valence-corrected chi connectivity index (χ2v) is 4.68. The second kappa shape index (κ2) is 6.44. The number of ether oxygens (including phenoxy) is 1. The molecule has 0 saturated heterocycles. The zero-order valence-corrected chi connectivity index (χ0v) is 12.1. The molecule has 0 aliphatic carbocycles. The lowest BCUT2D eigenvalue weighted by molar-refractivity contribution is 0.0600. The molecule has 0 aliphatic heterocycles. The summed E-state index contributed by atoms with van der Waals surface area (Å²) < 4.78 is 18.2. The first-order valence-corrected chi connectivity index (χ1v) is 6.48. The highest BCUT2D eigenvalue weighted by Crippen LogP contribution is 2.27. The van der Waals surface area contributed by atoms with Crippen LogP contribution in [0.25, 0.3) is 0 Å². The molecular weight excluding hydrogens is 313 g/mol. The number of amides is 1. The number of carbonyl (C=O) groups excluding carboxylic acids is 2. The highest BCUT2D eigenvalue weighted by atomic mass is 35.5. The number of methoxy groups -OCH3 is 1. The molecule has 0 unspecified atom stereocenters. The second-order valence-electron chi connectivity index (χ2n) is 4.27. The lowest BCUT2D eigenvalue weighted by Crippen LogP contribution is -2.14. The van der Waals surface area contributed by atoms with E-state index in [4.69, 9.17) is 11.6 Å². The molecule has 7 heteroatoms. The molecule has 0 radical (unpaired) electrons. The van der Waals surface area contributed by atoms with Gasteiger partial charge >= 0.3 is 5.97 Å². The Morgan fingerprint density at radius 2 is 2.00 bits per heavy atom. The molecule has 0 bridgehead atoms. The minimum absolute atomic E-state index is 0.0111. The van der Waals surface area contributed by atoms with Crippen molar-refractivity contribution in [2.45, 2.75) is 0 Å². The smallest absolute Gasteiger partial charge is 0.337 e. The fourth-order valence-corrected chi connectivity index (χ4v) is 2.03. The summed E-state index contributed by atoms with van der Waals surface area (Å²) in [5.41, 5.74) is -0.209. The fourth-order valence-electron chi connectivity index (χ4n) is 1.78. The van der Waals surface area contributed by atoms with Crippen LogP contribution >= 0.6 is 11.6 Å². The zero-order valence-electron chi connectivity index (χ0n) is 11.4.